The Labute approximate surface area is 157 Å². The fraction of sp³-hybridized carbons (Fsp3) is 0.167. The molecule has 8 nitrogen and oxygen atoms in total. The highest BCUT2D eigenvalue weighted by Crippen LogP contribution is 2.09. The van der Waals surface area contributed by atoms with Crippen molar-refractivity contribution in [1.82, 2.24) is 24.6 Å². The summed E-state index contributed by atoms with van der Waals surface area (Å²) in [6.45, 7) is 0.334. The van der Waals surface area contributed by atoms with Crippen molar-refractivity contribution in [3.8, 4) is 5.82 Å². The van der Waals surface area contributed by atoms with Gasteiger partial charge in [0.25, 0.3) is 5.91 Å². The molecule has 0 aliphatic rings. The molecule has 0 saturated heterocycles. The lowest BCUT2D eigenvalue weighted by Gasteiger charge is -2.08. The number of rotatable bonds is 7. The quantitative estimate of drug-likeness (QED) is 0.637. The minimum atomic E-state index is -3.30. The van der Waals surface area contributed by atoms with Gasteiger partial charge in [-0.15, -0.1) is 0 Å². The van der Waals surface area contributed by atoms with E-state index in [1.54, 1.807) is 59.7 Å². The van der Waals surface area contributed by atoms with Gasteiger partial charge in [0, 0.05) is 25.1 Å². The summed E-state index contributed by atoms with van der Waals surface area (Å²) in [5, 5.41) is 2.82. The van der Waals surface area contributed by atoms with Crippen LogP contribution in [0.1, 0.15) is 21.5 Å². The number of amides is 1. The molecule has 0 aliphatic heterocycles. The molecule has 27 heavy (non-hydrogen) atoms. The maximum Gasteiger partial charge on any atom is 0.253 e. The summed E-state index contributed by atoms with van der Waals surface area (Å²) in [6, 6.07) is 10.5. The van der Waals surface area contributed by atoms with Gasteiger partial charge in [-0.1, -0.05) is 24.3 Å². The monoisotopic (exact) mass is 385 g/mol. The van der Waals surface area contributed by atoms with E-state index in [2.05, 4.69) is 20.0 Å². The molecule has 0 aliphatic carbocycles. The zero-order valence-corrected chi connectivity index (χ0v) is 15.5. The molecule has 0 bridgehead atoms. The van der Waals surface area contributed by atoms with Crippen molar-refractivity contribution < 1.29 is 13.2 Å². The normalized spacial score (nSPS) is 11.3. The van der Waals surface area contributed by atoms with Crippen LogP contribution >= 0.6 is 0 Å². The van der Waals surface area contributed by atoms with Crippen molar-refractivity contribution >= 4 is 15.9 Å². The SMILES string of the molecule is CNS(=O)(=O)Cc1ccc(CNC(=O)c2ccc(-n3ccnc3)nc2)cc1. The highest BCUT2D eigenvalue weighted by molar-refractivity contribution is 7.88. The number of benzene rings is 1. The maximum atomic E-state index is 12.3. The lowest BCUT2D eigenvalue weighted by Crippen LogP contribution is -2.23. The number of carbonyl (C=O) groups is 1. The first-order valence-corrected chi connectivity index (χ1v) is 9.84. The molecule has 3 rings (SSSR count). The van der Waals surface area contributed by atoms with Crippen molar-refractivity contribution in [2.45, 2.75) is 12.3 Å². The molecule has 3 aromatic rings. The molecule has 0 unspecified atom stereocenters. The Balaban J connectivity index is 1.57. The first-order chi connectivity index (χ1) is 13.0. The minimum Gasteiger partial charge on any atom is -0.348 e. The van der Waals surface area contributed by atoms with Gasteiger partial charge in [0.1, 0.15) is 12.1 Å². The third kappa shape index (κ3) is 4.99. The van der Waals surface area contributed by atoms with E-state index in [9.17, 15) is 13.2 Å². The van der Waals surface area contributed by atoms with Crippen LogP contribution < -0.4 is 10.0 Å². The topological polar surface area (TPSA) is 106 Å². The number of carbonyl (C=O) groups excluding carboxylic acids is 1. The fourth-order valence-electron chi connectivity index (χ4n) is 2.40. The Bertz CT molecular complexity index is 998. The van der Waals surface area contributed by atoms with E-state index in [4.69, 9.17) is 0 Å². The third-order valence-corrected chi connectivity index (χ3v) is 5.26. The van der Waals surface area contributed by atoms with E-state index in [1.807, 2.05) is 0 Å². The number of hydrogen-bond donors (Lipinski definition) is 2. The number of imidazole rings is 1. The van der Waals surface area contributed by atoms with Gasteiger partial charge in [0.15, 0.2) is 0 Å². The summed E-state index contributed by atoms with van der Waals surface area (Å²) < 4.78 is 27.1. The zero-order valence-electron chi connectivity index (χ0n) is 14.7. The van der Waals surface area contributed by atoms with Gasteiger partial charge in [-0.05, 0) is 30.3 Å². The van der Waals surface area contributed by atoms with E-state index in [-0.39, 0.29) is 11.7 Å². The smallest absolute Gasteiger partial charge is 0.253 e. The molecule has 140 valence electrons. The van der Waals surface area contributed by atoms with Gasteiger partial charge < -0.3 is 5.32 Å². The molecule has 2 aromatic heterocycles. The van der Waals surface area contributed by atoms with Crippen LogP contribution in [-0.4, -0.2) is 35.9 Å². The average molecular weight is 385 g/mol. The largest absolute Gasteiger partial charge is 0.348 e. The molecule has 2 heterocycles. The summed E-state index contributed by atoms with van der Waals surface area (Å²) >= 11 is 0. The average Bonchev–Trinajstić information content (AvgIpc) is 3.22. The van der Waals surface area contributed by atoms with Gasteiger partial charge in [0.05, 0.1) is 11.3 Å². The molecule has 0 atom stereocenters. The fourth-order valence-corrected chi connectivity index (χ4v) is 3.17. The van der Waals surface area contributed by atoms with E-state index >= 15 is 0 Å². The summed E-state index contributed by atoms with van der Waals surface area (Å²) in [4.78, 5) is 20.5. The second-order valence-electron chi connectivity index (χ2n) is 5.84. The maximum absolute atomic E-state index is 12.3. The second kappa shape index (κ2) is 8.11. The molecule has 0 saturated carbocycles. The Morgan fingerprint density at radius 3 is 2.44 bits per heavy atom. The molecular formula is C18H19N5O3S. The Kier molecular flexibility index (Phi) is 5.63. The number of hydrogen-bond acceptors (Lipinski definition) is 5. The molecule has 9 heteroatoms. The number of nitrogens with one attached hydrogen (secondary N) is 2. The predicted octanol–water partition coefficient (Wildman–Crippen LogP) is 1.25. The van der Waals surface area contributed by atoms with Gasteiger partial charge >= 0.3 is 0 Å². The van der Waals surface area contributed by atoms with Gasteiger partial charge in [-0.25, -0.2) is 23.1 Å². The number of aromatic nitrogens is 3. The van der Waals surface area contributed by atoms with Crippen LogP contribution in [-0.2, 0) is 22.3 Å². The lowest BCUT2D eigenvalue weighted by atomic mass is 10.1. The van der Waals surface area contributed by atoms with Crippen molar-refractivity contribution in [3.63, 3.8) is 0 Å². The third-order valence-electron chi connectivity index (χ3n) is 3.92. The van der Waals surface area contributed by atoms with Crippen LogP contribution in [0.15, 0.2) is 61.3 Å². The highest BCUT2D eigenvalue weighted by atomic mass is 32.2. The molecular weight excluding hydrogens is 366 g/mol. The first kappa shape index (κ1) is 18.7. The summed E-state index contributed by atoms with van der Waals surface area (Å²) in [5.74, 6) is 0.364. The molecule has 1 aromatic carbocycles. The molecule has 0 radical (unpaired) electrons. The van der Waals surface area contributed by atoms with Crippen LogP contribution in [0.2, 0.25) is 0 Å². The van der Waals surface area contributed by atoms with E-state index < -0.39 is 10.0 Å². The van der Waals surface area contributed by atoms with Gasteiger partial charge in [-0.3, -0.25) is 9.36 Å². The van der Waals surface area contributed by atoms with Gasteiger partial charge in [0.2, 0.25) is 10.0 Å². The summed E-state index contributed by atoms with van der Waals surface area (Å²) in [7, 11) is -1.91. The molecule has 0 fully saturated rings. The predicted molar refractivity (Wildman–Crippen MR) is 101 cm³/mol. The van der Waals surface area contributed by atoms with Crippen LogP contribution in [0.4, 0.5) is 0 Å². The summed E-state index contributed by atoms with van der Waals surface area (Å²) in [5.41, 5.74) is 2.01. The van der Waals surface area contributed by atoms with E-state index in [0.29, 0.717) is 23.5 Å². The van der Waals surface area contributed by atoms with E-state index in [1.165, 1.54) is 13.2 Å². The van der Waals surface area contributed by atoms with Crippen molar-refractivity contribution in [2.24, 2.45) is 0 Å². The highest BCUT2D eigenvalue weighted by Gasteiger charge is 2.09. The number of nitrogens with zero attached hydrogens (tertiary/aromatic N) is 3. The molecule has 1 amide bonds. The van der Waals surface area contributed by atoms with Crippen molar-refractivity contribution in [1.29, 1.82) is 0 Å². The number of sulfonamides is 1. The first-order valence-electron chi connectivity index (χ1n) is 8.18. The van der Waals surface area contributed by atoms with Crippen LogP contribution in [0.25, 0.3) is 5.82 Å². The molecule has 0 spiro atoms. The van der Waals surface area contributed by atoms with Crippen LogP contribution in [0.3, 0.4) is 0 Å². The van der Waals surface area contributed by atoms with Crippen molar-refractivity contribution in [2.75, 3.05) is 7.05 Å². The van der Waals surface area contributed by atoms with Crippen molar-refractivity contribution in [3.05, 3.63) is 78.0 Å². The van der Waals surface area contributed by atoms with Gasteiger partial charge in [-0.2, -0.15) is 0 Å². The Morgan fingerprint density at radius 1 is 1.11 bits per heavy atom. The summed E-state index contributed by atoms with van der Waals surface area (Å²) in [6.07, 6.45) is 6.57. The molecule has 2 N–H and O–H groups in total. The van der Waals surface area contributed by atoms with Crippen LogP contribution in [0.5, 0.6) is 0 Å². The standard InChI is InChI=1S/C18H19N5O3S/c1-19-27(25,26)12-15-4-2-14(3-5-15)10-22-18(24)16-6-7-17(21-11-16)23-9-8-20-13-23/h2-9,11,13,19H,10,12H2,1H3,(H,22,24). The zero-order chi connectivity index (χ0) is 19.3. The Morgan fingerprint density at radius 2 is 1.85 bits per heavy atom. The van der Waals surface area contributed by atoms with E-state index in [0.717, 1.165) is 5.56 Å². The lowest BCUT2D eigenvalue weighted by molar-refractivity contribution is 0.0950. The van der Waals surface area contributed by atoms with Crippen LogP contribution in [0, 0.1) is 0 Å². The Hall–Kier alpha value is -3.04. The number of pyridine rings is 1. The second-order valence-corrected chi connectivity index (χ2v) is 7.76. The minimum absolute atomic E-state index is 0.0783.